The molecule has 2 aromatic rings. The van der Waals surface area contributed by atoms with E-state index in [0.717, 1.165) is 14.8 Å². The van der Waals surface area contributed by atoms with Gasteiger partial charge in [0.15, 0.2) is 6.10 Å². The van der Waals surface area contributed by atoms with Gasteiger partial charge in [0.1, 0.15) is 0 Å². The number of hydrogen-bond acceptors (Lipinski definition) is 3. The average molecular weight is 393 g/mol. The summed E-state index contributed by atoms with van der Waals surface area (Å²) in [6.07, 6.45) is -0.389. The van der Waals surface area contributed by atoms with Gasteiger partial charge in [-0.2, -0.15) is 0 Å². The van der Waals surface area contributed by atoms with Gasteiger partial charge in [0, 0.05) is 9.99 Å². The SMILES string of the molecule is O=C1O[C@H](C(=O)Nc2ccccc2I)Cc2ccccc21. The first-order valence-electron chi connectivity index (χ1n) is 6.49. The molecule has 0 radical (unpaired) electrons. The van der Waals surface area contributed by atoms with Gasteiger partial charge in [-0.05, 0) is 46.4 Å². The van der Waals surface area contributed by atoms with E-state index in [9.17, 15) is 9.59 Å². The molecule has 4 nitrogen and oxygen atoms in total. The molecule has 106 valence electrons. The molecular weight excluding hydrogens is 381 g/mol. The lowest BCUT2D eigenvalue weighted by atomic mass is 9.98. The molecule has 3 rings (SSSR count). The molecule has 1 aliphatic rings. The average Bonchev–Trinajstić information content (AvgIpc) is 2.49. The summed E-state index contributed by atoms with van der Waals surface area (Å²) < 4.78 is 6.17. The van der Waals surface area contributed by atoms with Gasteiger partial charge in [0.2, 0.25) is 0 Å². The summed E-state index contributed by atoms with van der Waals surface area (Å²) in [6.45, 7) is 0. The highest BCUT2D eigenvalue weighted by Crippen LogP contribution is 2.22. The highest BCUT2D eigenvalue weighted by atomic mass is 127. The number of halogens is 1. The van der Waals surface area contributed by atoms with E-state index in [2.05, 4.69) is 27.9 Å². The van der Waals surface area contributed by atoms with Crippen molar-refractivity contribution in [1.82, 2.24) is 0 Å². The Labute approximate surface area is 135 Å². The number of carbonyl (C=O) groups is 2. The lowest BCUT2D eigenvalue weighted by molar-refractivity contribution is -0.125. The van der Waals surface area contributed by atoms with Crippen LogP contribution in [0.25, 0.3) is 0 Å². The summed E-state index contributed by atoms with van der Waals surface area (Å²) in [4.78, 5) is 24.2. The number of esters is 1. The van der Waals surface area contributed by atoms with Crippen molar-refractivity contribution in [3.8, 4) is 0 Å². The number of carbonyl (C=O) groups excluding carboxylic acids is 2. The largest absolute Gasteiger partial charge is 0.448 e. The number of benzene rings is 2. The fraction of sp³-hybridized carbons (Fsp3) is 0.125. The quantitative estimate of drug-likeness (QED) is 0.631. The molecular formula is C16H12INO3. The van der Waals surface area contributed by atoms with E-state index >= 15 is 0 Å². The van der Waals surface area contributed by atoms with Gasteiger partial charge in [0.25, 0.3) is 5.91 Å². The van der Waals surface area contributed by atoms with Crippen molar-refractivity contribution in [3.63, 3.8) is 0 Å². The van der Waals surface area contributed by atoms with Crippen LogP contribution in [0.15, 0.2) is 48.5 Å². The Morgan fingerprint density at radius 2 is 1.86 bits per heavy atom. The van der Waals surface area contributed by atoms with Crippen molar-refractivity contribution in [2.24, 2.45) is 0 Å². The number of amides is 1. The summed E-state index contributed by atoms with van der Waals surface area (Å²) in [5, 5.41) is 2.81. The normalized spacial score (nSPS) is 16.8. The number of fused-ring (bicyclic) bond motifs is 1. The van der Waals surface area contributed by atoms with E-state index in [1.807, 2.05) is 36.4 Å². The third kappa shape index (κ3) is 2.92. The van der Waals surface area contributed by atoms with Crippen molar-refractivity contribution in [1.29, 1.82) is 0 Å². The van der Waals surface area contributed by atoms with Crippen LogP contribution in [0, 0.1) is 3.57 Å². The minimum absolute atomic E-state index is 0.304. The minimum Gasteiger partial charge on any atom is -0.448 e. The third-order valence-electron chi connectivity index (χ3n) is 3.32. The van der Waals surface area contributed by atoms with E-state index in [0.29, 0.717) is 12.0 Å². The van der Waals surface area contributed by atoms with Crippen LogP contribution in [-0.2, 0) is 16.0 Å². The number of cyclic esters (lactones) is 1. The predicted octanol–water partition coefficient (Wildman–Crippen LogP) is 3.01. The standard InChI is InChI=1S/C16H12INO3/c17-12-7-3-4-8-13(12)18-15(19)14-9-10-5-1-2-6-11(10)16(20)21-14/h1-8,14H,9H2,(H,18,19)/t14-/m0/s1. The van der Waals surface area contributed by atoms with Gasteiger partial charge in [-0.25, -0.2) is 4.79 Å². The second kappa shape index (κ2) is 5.85. The molecule has 5 heteroatoms. The Kier molecular flexibility index (Phi) is 3.92. The number of rotatable bonds is 2. The molecule has 1 aliphatic heterocycles. The zero-order chi connectivity index (χ0) is 14.8. The van der Waals surface area contributed by atoms with E-state index in [-0.39, 0.29) is 5.91 Å². The van der Waals surface area contributed by atoms with Crippen LogP contribution in [-0.4, -0.2) is 18.0 Å². The fourth-order valence-corrected chi connectivity index (χ4v) is 2.78. The molecule has 2 aromatic carbocycles. The Morgan fingerprint density at radius 3 is 2.67 bits per heavy atom. The molecule has 0 spiro atoms. The first-order valence-corrected chi connectivity index (χ1v) is 7.57. The molecule has 0 unspecified atom stereocenters. The maximum atomic E-state index is 12.3. The lowest BCUT2D eigenvalue weighted by Crippen LogP contribution is -2.38. The highest BCUT2D eigenvalue weighted by Gasteiger charge is 2.31. The van der Waals surface area contributed by atoms with Crippen LogP contribution in [0.2, 0.25) is 0 Å². The fourth-order valence-electron chi connectivity index (χ4n) is 2.25. The van der Waals surface area contributed by atoms with Gasteiger partial charge in [-0.1, -0.05) is 30.3 Å². The van der Waals surface area contributed by atoms with Gasteiger partial charge in [-0.3, -0.25) is 4.79 Å². The smallest absolute Gasteiger partial charge is 0.339 e. The van der Waals surface area contributed by atoms with Gasteiger partial charge >= 0.3 is 5.97 Å². The van der Waals surface area contributed by atoms with Gasteiger partial charge in [-0.15, -0.1) is 0 Å². The molecule has 1 heterocycles. The highest BCUT2D eigenvalue weighted by molar-refractivity contribution is 14.1. The van der Waals surface area contributed by atoms with Crippen LogP contribution in [0.1, 0.15) is 15.9 Å². The summed E-state index contributed by atoms with van der Waals surface area (Å²) in [5.41, 5.74) is 2.10. The van der Waals surface area contributed by atoms with Crippen molar-refractivity contribution >= 4 is 40.2 Å². The monoisotopic (exact) mass is 393 g/mol. The topological polar surface area (TPSA) is 55.4 Å². The molecule has 0 saturated heterocycles. The number of para-hydroxylation sites is 1. The zero-order valence-corrected chi connectivity index (χ0v) is 13.2. The van der Waals surface area contributed by atoms with Crippen LogP contribution < -0.4 is 5.32 Å². The number of nitrogens with one attached hydrogen (secondary N) is 1. The zero-order valence-electron chi connectivity index (χ0n) is 11.0. The molecule has 0 saturated carbocycles. The van der Waals surface area contributed by atoms with Crippen molar-refractivity contribution < 1.29 is 14.3 Å². The number of hydrogen-bond donors (Lipinski definition) is 1. The van der Waals surface area contributed by atoms with E-state index in [1.54, 1.807) is 12.1 Å². The van der Waals surface area contributed by atoms with Crippen LogP contribution >= 0.6 is 22.6 Å². The maximum absolute atomic E-state index is 12.3. The number of ether oxygens (including phenoxy) is 1. The van der Waals surface area contributed by atoms with Crippen molar-refractivity contribution in [3.05, 3.63) is 63.2 Å². The molecule has 0 bridgehead atoms. The van der Waals surface area contributed by atoms with Crippen LogP contribution in [0.3, 0.4) is 0 Å². The lowest BCUT2D eigenvalue weighted by Gasteiger charge is -2.23. The minimum atomic E-state index is -0.789. The van der Waals surface area contributed by atoms with Crippen LogP contribution in [0.4, 0.5) is 5.69 Å². The molecule has 0 fully saturated rings. The predicted molar refractivity (Wildman–Crippen MR) is 87.1 cm³/mol. The summed E-state index contributed by atoms with van der Waals surface area (Å²) in [5.74, 6) is -0.748. The van der Waals surface area contributed by atoms with Crippen molar-refractivity contribution in [2.45, 2.75) is 12.5 Å². The molecule has 1 atom stereocenters. The van der Waals surface area contributed by atoms with Crippen LogP contribution in [0.5, 0.6) is 0 Å². The first-order chi connectivity index (χ1) is 10.1. The second-order valence-electron chi connectivity index (χ2n) is 4.72. The Bertz CT molecular complexity index is 714. The third-order valence-corrected chi connectivity index (χ3v) is 4.26. The Morgan fingerprint density at radius 1 is 1.14 bits per heavy atom. The van der Waals surface area contributed by atoms with E-state index < -0.39 is 12.1 Å². The summed E-state index contributed by atoms with van der Waals surface area (Å²) in [6, 6.07) is 14.7. The molecule has 1 amide bonds. The van der Waals surface area contributed by atoms with Gasteiger partial charge < -0.3 is 10.1 Å². The Balaban J connectivity index is 1.78. The molecule has 0 aliphatic carbocycles. The number of anilines is 1. The second-order valence-corrected chi connectivity index (χ2v) is 5.89. The maximum Gasteiger partial charge on any atom is 0.339 e. The molecule has 1 N–H and O–H groups in total. The van der Waals surface area contributed by atoms with E-state index in [4.69, 9.17) is 4.74 Å². The molecule has 21 heavy (non-hydrogen) atoms. The summed E-state index contributed by atoms with van der Waals surface area (Å²) >= 11 is 2.15. The van der Waals surface area contributed by atoms with E-state index in [1.165, 1.54) is 0 Å². The van der Waals surface area contributed by atoms with Gasteiger partial charge in [0.05, 0.1) is 11.3 Å². The Hall–Kier alpha value is -1.89. The summed E-state index contributed by atoms with van der Waals surface area (Å²) in [7, 11) is 0. The first kappa shape index (κ1) is 14.1. The molecule has 0 aromatic heterocycles. The van der Waals surface area contributed by atoms with Crippen molar-refractivity contribution in [2.75, 3.05) is 5.32 Å².